The molecule has 0 heterocycles. The first kappa shape index (κ1) is 100. The molecule has 606 valence electrons. The third-order valence-corrected chi connectivity index (χ3v) is 21.4. The lowest BCUT2D eigenvalue weighted by Gasteiger charge is -2.21. The van der Waals surface area contributed by atoms with Crippen LogP contribution in [0.5, 0.6) is 0 Å². The van der Waals surface area contributed by atoms with Crippen molar-refractivity contribution in [1.29, 1.82) is 0 Å². The molecule has 0 aromatic rings. The molecule has 0 saturated carbocycles. The standard InChI is InChI=1S/C83H162O17P2/c1-6-9-12-15-17-19-21-23-25-27-28-29-30-31-33-37-42-46-50-54-59-64-69-83(88)100-79(73-94-81(86)67-62-57-52-48-44-40-38-34-35-39-43-47-51-56-60-65-76(4)5)75-98-102(91,92)96-71-77(84)70-95-101(89,90)97-74-78(72-93-80(85)66-61-55-14-11-8-3)99-82(87)68-63-58-53-49-45-41-36-32-26-24-22-20-18-16-13-10-7-2/h76-79,84H,6-75H2,1-5H3,(H,89,90)(H,91,92)/t77-,78+,79+/m0/s1. The molecule has 3 N–H and O–H groups in total. The van der Waals surface area contributed by atoms with E-state index in [4.69, 9.17) is 37.0 Å². The smallest absolute Gasteiger partial charge is 0.462 e. The van der Waals surface area contributed by atoms with Gasteiger partial charge in [-0.25, -0.2) is 9.13 Å². The highest BCUT2D eigenvalue weighted by molar-refractivity contribution is 7.47. The zero-order valence-corrected chi connectivity index (χ0v) is 68.5. The maximum atomic E-state index is 13.1. The Morgan fingerprint density at radius 2 is 0.451 bits per heavy atom. The molecule has 0 radical (unpaired) electrons. The molecule has 102 heavy (non-hydrogen) atoms. The summed E-state index contributed by atoms with van der Waals surface area (Å²) in [6.45, 7) is 7.28. The van der Waals surface area contributed by atoms with Gasteiger partial charge in [0, 0.05) is 25.7 Å². The van der Waals surface area contributed by atoms with Crippen LogP contribution in [0.25, 0.3) is 0 Å². The van der Waals surface area contributed by atoms with Gasteiger partial charge in [-0.05, 0) is 31.6 Å². The molecule has 19 heteroatoms. The number of phosphoric acid groups is 2. The van der Waals surface area contributed by atoms with E-state index in [-0.39, 0.29) is 25.7 Å². The Hall–Kier alpha value is -1.94. The maximum absolute atomic E-state index is 13.1. The topological polar surface area (TPSA) is 237 Å². The van der Waals surface area contributed by atoms with E-state index < -0.39 is 97.5 Å². The minimum atomic E-state index is -4.96. The Morgan fingerprint density at radius 1 is 0.265 bits per heavy atom. The number of unbranched alkanes of at least 4 members (excludes halogenated alkanes) is 55. The lowest BCUT2D eigenvalue weighted by molar-refractivity contribution is -0.161. The number of esters is 4. The zero-order valence-electron chi connectivity index (χ0n) is 66.8. The van der Waals surface area contributed by atoms with Crippen LogP contribution in [0.1, 0.15) is 446 Å². The highest BCUT2D eigenvalue weighted by atomic mass is 31.2. The second-order valence-corrected chi connectivity index (χ2v) is 33.3. The Balaban J connectivity index is 5.10. The molecule has 0 fully saturated rings. The third-order valence-electron chi connectivity index (χ3n) is 19.5. The quantitative estimate of drug-likeness (QED) is 0.0222. The summed E-state index contributed by atoms with van der Waals surface area (Å²) in [4.78, 5) is 72.8. The van der Waals surface area contributed by atoms with E-state index in [1.807, 2.05) is 0 Å². The number of aliphatic hydroxyl groups excluding tert-OH is 1. The van der Waals surface area contributed by atoms with Crippen LogP contribution in [0.3, 0.4) is 0 Å². The van der Waals surface area contributed by atoms with Crippen molar-refractivity contribution in [3.8, 4) is 0 Å². The molecule has 0 bridgehead atoms. The molecule has 0 aliphatic heterocycles. The minimum absolute atomic E-state index is 0.108. The monoisotopic (exact) mass is 1490 g/mol. The molecule has 0 aromatic carbocycles. The Morgan fingerprint density at radius 3 is 0.667 bits per heavy atom. The van der Waals surface area contributed by atoms with E-state index in [0.29, 0.717) is 25.7 Å². The molecule has 0 aliphatic rings. The first-order chi connectivity index (χ1) is 49.5. The normalized spacial score (nSPS) is 13.8. The van der Waals surface area contributed by atoms with E-state index >= 15 is 0 Å². The third kappa shape index (κ3) is 76.3. The maximum Gasteiger partial charge on any atom is 0.472 e. The fourth-order valence-electron chi connectivity index (χ4n) is 12.9. The van der Waals surface area contributed by atoms with Crippen LogP contribution in [0.4, 0.5) is 0 Å². The van der Waals surface area contributed by atoms with Gasteiger partial charge in [-0.2, -0.15) is 0 Å². The van der Waals surface area contributed by atoms with Crippen LogP contribution >= 0.6 is 15.6 Å². The molecular weight excluding hydrogens is 1330 g/mol. The minimum Gasteiger partial charge on any atom is -0.462 e. The SMILES string of the molecule is CCCCCCCCCCCCCCCCCCCCCCCCC(=O)O[C@H](COC(=O)CCCCCCCCCCCCCCCCCC(C)C)COP(=O)(O)OC[C@@H](O)COP(=O)(O)OC[C@@H](COC(=O)CCCCCCC)OC(=O)CCCCCCCCCCCCCCCCCCC. The van der Waals surface area contributed by atoms with Gasteiger partial charge in [-0.15, -0.1) is 0 Å². The van der Waals surface area contributed by atoms with Crippen molar-refractivity contribution in [3.63, 3.8) is 0 Å². The predicted octanol–water partition coefficient (Wildman–Crippen LogP) is 25.2. The van der Waals surface area contributed by atoms with Crippen molar-refractivity contribution < 1.29 is 80.2 Å². The van der Waals surface area contributed by atoms with E-state index in [2.05, 4.69) is 34.6 Å². The summed E-state index contributed by atoms with van der Waals surface area (Å²) in [6.07, 6.45) is 68.6. The van der Waals surface area contributed by atoms with Gasteiger partial charge < -0.3 is 33.8 Å². The van der Waals surface area contributed by atoms with Crippen molar-refractivity contribution in [2.24, 2.45) is 5.92 Å². The van der Waals surface area contributed by atoms with Gasteiger partial charge in [-0.3, -0.25) is 37.3 Å². The number of hydrogen-bond acceptors (Lipinski definition) is 15. The van der Waals surface area contributed by atoms with Gasteiger partial charge in [0.05, 0.1) is 26.4 Å². The Bertz CT molecular complexity index is 1940. The summed E-state index contributed by atoms with van der Waals surface area (Å²) in [7, 11) is -9.91. The predicted molar refractivity (Wildman–Crippen MR) is 418 cm³/mol. The number of phosphoric ester groups is 2. The van der Waals surface area contributed by atoms with Crippen molar-refractivity contribution in [2.45, 2.75) is 464 Å². The lowest BCUT2D eigenvalue weighted by Crippen LogP contribution is -2.30. The van der Waals surface area contributed by atoms with Crippen LogP contribution in [-0.4, -0.2) is 96.7 Å². The lowest BCUT2D eigenvalue weighted by atomic mass is 10.0. The molecule has 2 unspecified atom stereocenters. The number of ether oxygens (including phenoxy) is 4. The second-order valence-electron chi connectivity index (χ2n) is 30.3. The molecule has 0 aromatic heterocycles. The van der Waals surface area contributed by atoms with E-state index in [1.54, 1.807) is 0 Å². The second kappa shape index (κ2) is 75.9. The summed E-state index contributed by atoms with van der Waals surface area (Å²) in [5.74, 6) is -1.31. The molecular formula is C83H162O17P2. The number of carbonyl (C=O) groups is 4. The number of aliphatic hydroxyl groups is 1. The molecule has 0 amide bonds. The van der Waals surface area contributed by atoms with Crippen LogP contribution in [-0.2, 0) is 65.4 Å². The van der Waals surface area contributed by atoms with Crippen LogP contribution in [0.15, 0.2) is 0 Å². The summed E-state index contributed by atoms with van der Waals surface area (Å²) >= 11 is 0. The summed E-state index contributed by atoms with van der Waals surface area (Å²) < 4.78 is 68.5. The summed E-state index contributed by atoms with van der Waals surface area (Å²) in [5.41, 5.74) is 0. The molecule has 0 saturated heterocycles. The Kier molecular flexibility index (Phi) is 74.4. The molecule has 0 spiro atoms. The van der Waals surface area contributed by atoms with Crippen molar-refractivity contribution in [2.75, 3.05) is 39.6 Å². The van der Waals surface area contributed by atoms with Crippen molar-refractivity contribution in [3.05, 3.63) is 0 Å². The van der Waals surface area contributed by atoms with Gasteiger partial charge >= 0.3 is 39.5 Å². The van der Waals surface area contributed by atoms with Gasteiger partial charge in [-0.1, -0.05) is 394 Å². The van der Waals surface area contributed by atoms with Gasteiger partial charge in [0.2, 0.25) is 0 Å². The fraction of sp³-hybridized carbons (Fsp3) is 0.952. The summed E-state index contributed by atoms with van der Waals surface area (Å²) in [6, 6.07) is 0. The fourth-order valence-corrected chi connectivity index (χ4v) is 14.5. The van der Waals surface area contributed by atoms with Crippen LogP contribution < -0.4 is 0 Å². The largest absolute Gasteiger partial charge is 0.472 e. The average molecular weight is 1490 g/mol. The molecule has 0 rings (SSSR count). The van der Waals surface area contributed by atoms with Gasteiger partial charge in [0.15, 0.2) is 12.2 Å². The van der Waals surface area contributed by atoms with Gasteiger partial charge in [0.1, 0.15) is 19.3 Å². The van der Waals surface area contributed by atoms with Crippen molar-refractivity contribution in [1.82, 2.24) is 0 Å². The van der Waals surface area contributed by atoms with E-state index in [9.17, 15) is 43.2 Å². The highest BCUT2D eigenvalue weighted by Crippen LogP contribution is 2.45. The number of carbonyl (C=O) groups excluding carboxylic acids is 4. The van der Waals surface area contributed by atoms with Crippen LogP contribution in [0, 0.1) is 5.92 Å². The first-order valence-electron chi connectivity index (χ1n) is 43.1. The highest BCUT2D eigenvalue weighted by Gasteiger charge is 2.30. The van der Waals surface area contributed by atoms with Crippen LogP contribution in [0.2, 0.25) is 0 Å². The molecule has 17 nitrogen and oxygen atoms in total. The van der Waals surface area contributed by atoms with Crippen molar-refractivity contribution >= 4 is 39.5 Å². The zero-order chi connectivity index (χ0) is 74.8. The van der Waals surface area contributed by atoms with Gasteiger partial charge in [0.25, 0.3) is 0 Å². The Labute approximate surface area is 626 Å². The number of rotatable bonds is 83. The number of hydrogen-bond donors (Lipinski definition) is 3. The van der Waals surface area contributed by atoms with E-state index in [0.717, 1.165) is 102 Å². The molecule has 0 aliphatic carbocycles. The first-order valence-corrected chi connectivity index (χ1v) is 46.1. The summed E-state index contributed by atoms with van der Waals surface area (Å²) in [5, 5.41) is 10.6. The average Bonchev–Trinajstić information content (AvgIpc) is 0.954. The molecule has 5 atom stereocenters. The van der Waals surface area contributed by atoms with E-state index in [1.165, 1.54) is 263 Å².